The maximum Gasteiger partial charge on any atom is 0.274 e. The summed E-state index contributed by atoms with van der Waals surface area (Å²) >= 11 is 0. The van der Waals surface area contributed by atoms with E-state index in [2.05, 4.69) is 5.10 Å². The highest BCUT2D eigenvalue weighted by molar-refractivity contribution is 5.91. The van der Waals surface area contributed by atoms with Crippen molar-refractivity contribution in [2.45, 2.75) is 0 Å². The molecule has 0 aliphatic rings. The molecule has 1 amide bonds. The van der Waals surface area contributed by atoms with Crippen molar-refractivity contribution in [2.75, 3.05) is 20.2 Å². The lowest BCUT2D eigenvalue weighted by molar-refractivity contribution is 0.0760. The lowest BCUT2D eigenvalue weighted by atomic mass is 10.4. The summed E-state index contributed by atoms with van der Waals surface area (Å²) in [5.74, 6) is -0.172. The van der Waals surface area contributed by atoms with Gasteiger partial charge in [-0.15, -0.1) is 0 Å². The van der Waals surface area contributed by atoms with Crippen molar-refractivity contribution in [3.63, 3.8) is 0 Å². The van der Waals surface area contributed by atoms with Crippen LogP contribution in [-0.2, 0) is 7.05 Å². The smallest absolute Gasteiger partial charge is 0.274 e. The molecular weight excluding hydrogens is 170 g/mol. The number of aryl methyl sites for hydroxylation is 1. The standard InChI is InChI=1S/C8H13N3O2/c1-10(5-6-12)8(13)7-3-4-11(2)9-7/h3-4,12H,5-6H2,1-2H3. The van der Waals surface area contributed by atoms with Crippen LogP contribution in [0.2, 0.25) is 0 Å². The molecule has 0 aliphatic heterocycles. The van der Waals surface area contributed by atoms with Crippen LogP contribution in [0.25, 0.3) is 0 Å². The molecule has 5 heteroatoms. The number of aliphatic hydroxyl groups is 1. The van der Waals surface area contributed by atoms with E-state index in [1.807, 2.05) is 0 Å². The summed E-state index contributed by atoms with van der Waals surface area (Å²) in [5.41, 5.74) is 0.401. The average Bonchev–Trinajstić information content (AvgIpc) is 2.51. The molecule has 0 fully saturated rings. The van der Waals surface area contributed by atoms with Crippen LogP contribution >= 0.6 is 0 Å². The number of hydrogen-bond acceptors (Lipinski definition) is 3. The molecule has 1 aromatic heterocycles. The Labute approximate surface area is 76.6 Å². The molecule has 0 saturated carbocycles. The second kappa shape index (κ2) is 4.04. The maximum atomic E-state index is 11.5. The number of nitrogens with zero attached hydrogens (tertiary/aromatic N) is 3. The number of hydrogen-bond donors (Lipinski definition) is 1. The van der Waals surface area contributed by atoms with E-state index in [0.717, 1.165) is 0 Å². The van der Waals surface area contributed by atoms with Gasteiger partial charge in [-0.05, 0) is 6.07 Å². The highest BCUT2D eigenvalue weighted by atomic mass is 16.3. The first-order valence-electron chi connectivity index (χ1n) is 4.01. The normalized spacial score (nSPS) is 10.1. The summed E-state index contributed by atoms with van der Waals surface area (Å²) in [6.07, 6.45) is 1.71. The molecule has 0 radical (unpaired) electrons. The zero-order valence-corrected chi connectivity index (χ0v) is 7.77. The lowest BCUT2D eigenvalue weighted by Crippen LogP contribution is -2.29. The fraction of sp³-hybridized carbons (Fsp3) is 0.500. The first-order valence-corrected chi connectivity index (χ1v) is 4.01. The molecule has 1 rings (SSSR count). The second-order valence-corrected chi connectivity index (χ2v) is 2.82. The van der Waals surface area contributed by atoms with Gasteiger partial charge in [0.25, 0.3) is 5.91 Å². The first-order chi connectivity index (χ1) is 6.15. The number of carbonyl (C=O) groups is 1. The molecule has 0 aliphatic carbocycles. The maximum absolute atomic E-state index is 11.5. The van der Waals surface area contributed by atoms with E-state index in [1.54, 1.807) is 31.0 Å². The molecule has 1 N–H and O–H groups in total. The lowest BCUT2D eigenvalue weighted by Gasteiger charge is -2.13. The van der Waals surface area contributed by atoms with Gasteiger partial charge in [0.05, 0.1) is 6.61 Å². The summed E-state index contributed by atoms with van der Waals surface area (Å²) in [7, 11) is 3.38. The van der Waals surface area contributed by atoms with Crippen molar-refractivity contribution in [3.05, 3.63) is 18.0 Å². The van der Waals surface area contributed by atoms with Crippen molar-refractivity contribution in [3.8, 4) is 0 Å². The number of aliphatic hydroxyl groups excluding tert-OH is 1. The minimum Gasteiger partial charge on any atom is -0.395 e. The monoisotopic (exact) mass is 183 g/mol. The Morgan fingerprint density at radius 2 is 2.46 bits per heavy atom. The fourth-order valence-corrected chi connectivity index (χ4v) is 0.976. The Hall–Kier alpha value is -1.36. The predicted octanol–water partition coefficient (Wildman–Crippen LogP) is -0.516. The third-order valence-corrected chi connectivity index (χ3v) is 1.71. The van der Waals surface area contributed by atoms with E-state index in [9.17, 15) is 4.79 Å². The number of likely N-dealkylation sites (N-methyl/N-ethyl adjacent to an activating group) is 1. The van der Waals surface area contributed by atoms with Gasteiger partial charge in [0.1, 0.15) is 5.69 Å². The number of amides is 1. The Kier molecular flexibility index (Phi) is 3.02. The van der Waals surface area contributed by atoms with Crippen LogP contribution in [0.3, 0.4) is 0 Å². The van der Waals surface area contributed by atoms with Gasteiger partial charge in [-0.1, -0.05) is 0 Å². The van der Waals surface area contributed by atoms with E-state index >= 15 is 0 Å². The number of rotatable bonds is 3. The Morgan fingerprint density at radius 1 is 1.77 bits per heavy atom. The van der Waals surface area contributed by atoms with Gasteiger partial charge in [-0.2, -0.15) is 5.10 Å². The Bertz CT molecular complexity index is 295. The van der Waals surface area contributed by atoms with Gasteiger partial charge in [-0.3, -0.25) is 9.48 Å². The van der Waals surface area contributed by atoms with Crippen LogP contribution < -0.4 is 0 Å². The van der Waals surface area contributed by atoms with Crippen molar-refractivity contribution in [1.82, 2.24) is 14.7 Å². The third kappa shape index (κ3) is 2.29. The highest BCUT2D eigenvalue weighted by Gasteiger charge is 2.12. The van der Waals surface area contributed by atoms with Gasteiger partial charge in [-0.25, -0.2) is 0 Å². The zero-order valence-electron chi connectivity index (χ0n) is 7.77. The van der Waals surface area contributed by atoms with Crippen LogP contribution in [0.15, 0.2) is 12.3 Å². The average molecular weight is 183 g/mol. The molecule has 0 spiro atoms. The quantitative estimate of drug-likeness (QED) is 0.686. The van der Waals surface area contributed by atoms with Gasteiger partial charge in [0.2, 0.25) is 0 Å². The van der Waals surface area contributed by atoms with Gasteiger partial charge in [0, 0.05) is 26.8 Å². The fourth-order valence-electron chi connectivity index (χ4n) is 0.976. The van der Waals surface area contributed by atoms with E-state index in [4.69, 9.17) is 5.11 Å². The Balaban J connectivity index is 2.67. The summed E-state index contributed by atoms with van der Waals surface area (Å²) in [6.45, 7) is 0.296. The SMILES string of the molecule is CN(CCO)C(=O)c1ccn(C)n1. The molecule has 0 aromatic carbocycles. The molecule has 13 heavy (non-hydrogen) atoms. The molecule has 0 saturated heterocycles. The van der Waals surface area contributed by atoms with E-state index in [0.29, 0.717) is 12.2 Å². The van der Waals surface area contributed by atoms with Gasteiger partial charge >= 0.3 is 0 Å². The summed E-state index contributed by atoms with van der Waals surface area (Å²) in [4.78, 5) is 12.9. The van der Waals surface area contributed by atoms with Crippen molar-refractivity contribution in [1.29, 1.82) is 0 Å². The van der Waals surface area contributed by atoms with Gasteiger partial charge < -0.3 is 10.0 Å². The number of aromatic nitrogens is 2. The Morgan fingerprint density at radius 3 is 2.92 bits per heavy atom. The minimum atomic E-state index is -0.172. The number of carbonyl (C=O) groups excluding carboxylic acids is 1. The summed E-state index contributed by atoms with van der Waals surface area (Å²) in [6, 6.07) is 1.65. The summed E-state index contributed by atoms with van der Waals surface area (Å²) in [5, 5.41) is 12.6. The minimum absolute atomic E-state index is 0.0327. The van der Waals surface area contributed by atoms with Gasteiger partial charge in [0.15, 0.2) is 0 Å². The molecule has 72 valence electrons. The molecular formula is C8H13N3O2. The van der Waals surface area contributed by atoms with Crippen LogP contribution in [0, 0.1) is 0 Å². The zero-order chi connectivity index (χ0) is 9.84. The van der Waals surface area contributed by atoms with E-state index < -0.39 is 0 Å². The van der Waals surface area contributed by atoms with Crippen LogP contribution in [-0.4, -0.2) is 45.9 Å². The molecule has 1 heterocycles. The van der Waals surface area contributed by atoms with Crippen molar-refractivity contribution in [2.24, 2.45) is 7.05 Å². The van der Waals surface area contributed by atoms with E-state index in [1.165, 1.54) is 4.90 Å². The van der Waals surface area contributed by atoms with Crippen LogP contribution in [0.1, 0.15) is 10.5 Å². The summed E-state index contributed by atoms with van der Waals surface area (Å²) < 4.78 is 1.57. The van der Waals surface area contributed by atoms with E-state index in [-0.39, 0.29) is 12.5 Å². The molecule has 0 bridgehead atoms. The third-order valence-electron chi connectivity index (χ3n) is 1.71. The predicted molar refractivity (Wildman–Crippen MR) is 47.3 cm³/mol. The molecule has 0 unspecified atom stereocenters. The topological polar surface area (TPSA) is 58.4 Å². The van der Waals surface area contributed by atoms with Crippen molar-refractivity contribution < 1.29 is 9.90 Å². The molecule has 0 atom stereocenters. The molecule has 5 nitrogen and oxygen atoms in total. The largest absolute Gasteiger partial charge is 0.395 e. The van der Waals surface area contributed by atoms with Crippen LogP contribution in [0.5, 0.6) is 0 Å². The van der Waals surface area contributed by atoms with Crippen LogP contribution in [0.4, 0.5) is 0 Å². The highest BCUT2D eigenvalue weighted by Crippen LogP contribution is 1.98. The second-order valence-electron chi connectivity index (χ2n) is 2.82. The molecule has 1 aromatic rings. The van der Waals surface area contributed by atoms with Crippen molar-refractivity contribution >= 4 is 5.91 Å². The first kappa shape index (κ1) is 9.73.